The van der Waals surface area contributed by atoms with Gasteiger partial charge in [0.05, 0.1) is 11.3 Å². The maximum absolute atomic E-state index is 12.2. The molecule has 130 valence electrons. The first kappa shape index (κ1) is 19.2. The van der Waals surface area contributed by atoms with Crippen LogP contribution in [0.2, 0.25) is 0 Å². The molecule has 0 radical (unpaired) electrons. The average molecular weight is 382 g/mol. The van der Waals surface area contributed by atoms with Gasteiger partial charge in [0.1, 0.15) is 15.4 Å². The number of hydrogen-bond donors (Lipinski definition) is 1. The summed E-state index contributed by atoms with van der Waals surface area (Å²) in [4.78, 5) is 15.6. The number of thioether (sulfide) groups is 1. The SMILES string of the molecule is CCN(CC)C(=S)SCC(=O)Nc1sc2c(c1C#N)CCC(C)C2. The minimum atomic E-state index is -0.0994. The number of nitrogens with one attached hydrogen (secondary N) is 1. The first-order valence-corrected chi connectivity index (χ1v) is 10.5. The van der Waals surface area contributed by atoms with Gasteiger partial charge < -0.3 is 10.2 Å². The lowest BCUT2D eigenvalue weighted by Crippen LogP contribution is -2.28. The molecule has 4 nitrogen and oxygen atoms in total. The third-order valence-electron chi connectivity index (χ3n) is 4.22. The van der Waals surface area contributed by atoms with Crippen LogP contribution >= 0.6 is 35.3 Å². The molecule has 1 heterocycles. The topological polar surface area (TPSA) is 56.1 Å². The molecular formula is C17H23N3OS3. The van der Waals surface area contributed by atoms with Crippen molar-refractivity contribution in [2.45, 2.75) is 40.0 Å². The summed E-state index contributed by atoms with van der Waals surface area (Å²) in [5.74, 6) is 0.824. The number of carbonyl (C=O) groups excluding carboxylic acids is 1. The van der Waals surface area contributed by atoms with Crippen LogP contribution in [0.3, 0.4) is 0 Å². The average Bonchev–Trinajstić information content (AvgIpc) is 2.89. The number of hydrogen-bond acceptors (Lipinski definition) is 5. The van der Waals surface area contributed by atoms with Crippen molar-refractivity contribution in [2.24, 2.45) is 5.92 Å². The van der Waals surface area contributed by atoms with Crippen molar-refractivity contribution < 1.29 is 4.79 Å². The van der Waals surface area contributed by atoms with Crippen LogP contribution in [0.1, 0.15) is 43.2 Å². The third kappa shape index (κ3) is 4.50. The Morgan fingerprint density at radius 1 is 1.50 bits per heavy atom. The van der Waals surface area contributed by atoms with Crippen LogP contribution in [0.15, 0.2) is 0 Å². The summed E-state index contributed by atoms with van der Waals surface area (Å²) < 4.78 is 0.745. The van der Waals surface area contributed by atoms with Crippen LogP contribution in [0.4, 0.5) is 5.00 Å². The normalized spacial score (nSPS) is 16.2. The molecule has 0 saturated carbocycles. The van der Waals surface area contributed by atoms with Crippen LogP contribution in [-0.2, 0) is 17.6 Å². The van der Waals surface area contributed by atoms with Crippen LogP contribution in [0.5, 0.6) is 0 Å². The predicted molar refractivity (Wildman–Crippen MR) is 107 cm³/mol. The Hall–Kier alpha value is -1.10. The Balaban J connectivity index is 2.00. The van der Waals surface area contributed by atoms with Crippen molar-refractivity contribution in [3.8, 4) is 6.07 Å². The van der Waals surface area contributed by atoms with Gasteiger partial charge in [-0.15, -0.1) is 11.3 Å². The second-order valence-corrected chi connectivity index (χ2v) is 8.66. The van der Waals surface area contributed by atoms with Crippen LogP contribution in [0.25, 0.3) is 0 Å². The van der Waals surface area contributed by atoms with Gasteiger partial charge in [-0.1, -0.05) is 30.9 Å². The lowest BCUT2D eigenvalue weighted by Gasteiger charge is -2.20. The van der Waals surface area contributed by atoms with Crippen molar-refractivity contribution in [3.63, 3.8) is 0 Å². The Labute approximate surface area is 157 Å². The Morgan fingerprint density at radius 3 is 2.83 bits per heavy atom. The number of thiocarbonyl (C=S) groups is 1. The van der Waals surface area contributed by atoms with Gasteiger partial charge in [-0.3, -0.25) is 4.79 Å². The largest absolute Gasteiger partial charge is 0.358 e. The Morgan fingerprint density at radius 2 is 2.21 bits per heavy atom. The minimum absolute atomic E-state index is 0.0994. The molecule has 7 heteroatoms. The molecule has 0 spiro atoms. The van der Waals surface area contributed by atoms with E-state index in [1.807, 2.05) is 13.8 Å². The number of carbonyl (C=O) groups is 1. The highest BCUT2D eigenvalue weighted by molar-refractivity contribution is 8.23. The first-order chi connectivity index (χ1) is 11.5. The standard InChI is InChI=1S/C17H23N3OS3/c1-4-20(5-2)17(22)23-10-15(21)19-16-13(9-18)12-7-6-11(3)8-14(12)24-16/h11H,4-8,10H2,1-3H3,(H,19,21). The fourth-order valence-electron chi connectivity index (χ4n) is 2.82. The van der Waals surface area contributed by atoms with E-state index < -0.39 is 0 Å². The van der Waals surface area contributed by atoms with E-state index in [9.17, 15) is 10.1 Å². The van der Waals surface area contributed by atoms with Crippen molar-refractivity contribution >= 4 is 50.5 Å². The molecule has 0 saturated heterocycles. The highest BCUT2D eigenvalue weighted by Gasteiger charge is 2.24. The van der Waals surface area contributed by atoms with E-state index in [1.165, 1.54) is 16.6 Å². The summed E-state index contributed by atoms with van der Waals surface area (Å²) in [5.41, 5.74) is 1.80. The second kappa shape index (κ2) is 8.84. The molecule has 1 aromatic rings. The maximum Gasteiger partial charge on any atom is 0.235 e. The summed E-state index contributed by atoms with van der Waals surface area (Å²) in [5, 5.41) is 13.1. The molecule has 1 aliphatic carbocycles. The van der Waals surface area contributed by atoms with E-state index >= 15 is 0 Å². The van der Waals surface area contributed by atoms with E-state index in [0.717, 1.165) is 42.2 Å². The molecule has 1 unspecified atom stereocenters. The van der Waals surface area contributed by atoms with Crippen LogP contribution in [-0.4, -0.2) is 34.0 Å². The lowest BCUT2D eigenvalue weighted by molar-refractivity contribution is -0.113. The van der Waals surface area contributed by atoms with Gasteiger partial charge in [0.15, 0.2) is 0 Å². The maximum atomic E-state index is 12.2. The van der Waals surface area contributed by atoms with Crippen molar-refractivity contribution in [2.75, 3.05) is 24.2 Å². The van der Waals surface area contributed by atoms with E-state index in [-0.39, 0.29) is 11.7 Å². The molecule has 1 amide bonds. The number of nitriles is 1. The Kier molecular flexibility index (Phi) is 7.08. The number of amides is 1. The number of anilines is 1. The summed E-state index contributed by atoms with van der Waals surface area (Å²) in [6.07, 6.45) is 3.05. The molecule has 1 atom stereocenters. The number of rotatable bonds is 5. The van der Waals surface area contributed by atoms with E-state index in [4.69, 9.17) is 12.2 Å². The highest BCUT2D eigenvalue weighted by Crippen LogP contribution is 2.39. The number of nitrogens with zero attached hydrogens (tertiary/aromatic N) is 2. The van der Waals surface area contributed by atoms with Gasteiger partial charge in [-0.05, 0) is 44.6 Å². The van der Waals surface area contributed by atoms with Crippen molar-refractivity contribution in [1.82, 2.24) is 4.90 Å². The van der Waals surface area contributed by atoms with Crippen molar-refractivity contribution in [3.05, 3.63) is 16.0 Å². The minimum Gasteiger partial charge on any atom is -0.358 e. The third-order valence-corrected chi connectivity index (χ3v) is 6.92. The van der Waals surface area contributed by atoms with Crippen LogP contribution in [0, 0.1) is 17.2 Å². The molecule has 1 aliphatic rings. The lowest BCUT2D eigenvalue weighted by atomic mass is 9.89. The summed E-state index contributed by atoms with van der Waals surface area (Å²) >= 11 is 8.29. The summed E-state index contributed by atoms with van der Waals surface area (Å²) in [6, 6.07) is 2.28. The zero-order chi connectivity index (χ0) is 17.7. The zero-order valence-corrected chi connectivity index (χ0v) is 16.8. The number of thiophene rings is 1. The molecule has 0 aromatic carbocycles. The second-order valence-electron chi connectivity index (χ2n) is 5.94. The Bertz CT molecular complexity index is 659. The fourth-order valence-corrected chi connectivity index (χ4v) is 5.40. The predicted octanol–water partition coefficient (Wildman–Crippen LogP) is 4.04. The zero-order valence-electron chi connectivity index (χ0n) is 14.3. The molecule has 1 aromatic heterocycles. The van der Waals surface area contributed by atoms with Gasteiger partial charge in [-0.25, -0.2) is 0 Å². The molecule has 0 fully saturated rings. The molecular weight excluding hydrogens is 358 g/mol. The first-order valence-electron chi connectivity index (χ1n) is 8.26. The van der Waals surface area contributed by atoms with Gasteiger partial charge >= 0.3 is 0 Å². The molecule has 0 aliphatic heterocycles. The fraction of sp³-hybridized carbons (Fsp3) is 0.588. The summed E-state index contributed by atoms with van der Waals surface area (Å²) in [7, 11) is 0. The van der Waals surface area contributed by atoms with Gasteiger partial charge in [0, 0.05) is 18.0 Å². The van der Waals surface area contributed by atoms with Crippen LogP contribution < -0.4 is 5.32 Å². The van der Waals surface area contributed by atoms with Gasteiger partial charge in [-0.2, -0.15) is 5.26 Å². The molecule has 24 heavy (non-hydrogen) atoms. The van der Waals surface area contributed by atoms with E-state index in [1.54, 1.807) is 11.3 Å². The van der Waals surface area contributed by atoms with Gasteiger partial charge in [0.2, 0.25) is 5.91 Å². The molecule has 2 rings (SSSR count). The molecule has 1 N–H and O–H groups in total. The molecule has 0 bridgehead atoms. The number of fused-ring (bicyclic) bond motifs is 1. The van der Waals surface area contributed by atoms with Gasteiger partial charge in [0.25, 0.3) is 0 Å². The monoisotopic (exact) mass is 381 g/mol. The van der Waals surface area contributed by atoms with E-state index in [0.29, 0.717) is 16.5 Å². The quantitative estimate of drug-likeness (QED) is 0.780. The highest BCUT2D eigenvalue weighted by atomic mass is 32.2. The van der Waals surface area contributed by atoms with Crippen molar-refractivity contribution in [1.29, 1.82) is 5.26 Å². The smallest absolute Gasteiger partial charge is 0.235 e. The van der Waals surface area contributed by atoms with E-state index in [2.05, 4.69) is 23.2 Å². The summed E-state index contributed by atoms with van der Waals surface area (Å²) in [6.45, 7) is 8.02.